The van der Waals surface area contributed by atoms with Crippen molar-refractivity contribution >= 4 is 23.8 Å². The van der Waals surface area contributed by atoms with Gasteiger partial charge in [0.05, 0.1) is 13.2 Å². The smallest absolute Gasteiger partial charge is 0.328 e. The molecule has 0 heterocycles. The lowest BCUT2D eigenvalue weighted by molar-refractivity contribution is -0.147. The molecule has 2 unspecified atom stereocenters. The number of carbonyl (C=O) groups is 4. The number of carboxylic acids is 1. The zero-order valence-electron chi connectivity index (χ0n) is 37.7. The van der Waals surface area contributed by atoms with E-state index in [1.165, 1.54) is 44.9 Å². The molecule has 9 heteroatoms. The van der Waals surface area contributed by atoms with Gasteiger partial charge in [0, 0.05) is 12.8 Å². The molecule has 0 radical (unpaired) electrons. The molecule has 0 aromatic rings. The summed E-state index contributed by atoms with van der Waals surface area (Å²) in [6, 6.07) is -1.39. The second-order valence-electron chi connectivity index (χ2n) is 15.5. The molecule has 0 aliphatic carbocycles. The fourth-order valence-corrected chi connectivity index (χ4v) is 6.28. The summed E-state index contributed by atoms with van der Waals surface area (Å²) in [7, 11) is 0. The largest absolute Gasteiger partial charge is 0.480 e. The van der Waals surface area contributed by atoms with Gasteiger partial charge in [0.1, 0.15) is 12.1 Å². The Bertz CT molecular complexity index is 1280. The first-order chi connectivity index (χ1) is 29.3. The fraction of sp³-hybridized carbons (Fsp3) is 0.647. The zero-order valence-corrected chi connectivity index (χ0v) is 37.7. The molecule has 0 aliphatic rings. The SMILES string of the molecule is CC/C=C\C/C=C\C/C=C\C/C=C\C/C=C\CCCCCCCCCC(=O)OC(/C=C\C/C=C\CCCCC)CCCCCCCCC(=O)NCC(=O)NC(CO)C(=O)O. The maximum absolute atomic E-state index is 12.8. The standard InChI is InChI=1S/C51H84N2O7/c1-3-5-7-9-11-13-14-15-16-17-18-19-20-21-22-23-24-25-26-27-29-35-39-43-50(57)60-46(40-36-32-28-12-10-8-6-4-2)41-37-33-30-31-34-38-42-48(55)52-44-49(56)53-47(45-54)51(58)59/h5,7,11-13,15-16,18-19,21-22,28,36,40,46-47,54H,3-4,6,8-10,14,17,20,23-27,29-35,37-39,41-45H2,1-2H3,(H,52,55)(H,53,56)(H,58,59)/b7-5-,13-11-,16-15-,19-18-,22-21-,28-12-,40-36-. The van der Waals surface area contributed by atoms with Gasteiger partial charge in [0.15, 0.2) is 0 Å². The summed E-state index contributed by atoms with van der Waals surface area (Å²) < 4.78 is 5.93. The molecule has 0 saturated heterocycles. The lowest BCUT2D eigenvalue weighted by atomic mass is 10.1. The minimum atomic E-state index is -1.39. The highest BCUT2D eigenvalue weighted by Crippen LogP contribution is 2.15. The first-order valence-corrected chi connectivity index (χ1v) is 23.5. The summed E-state index contributed by atoms with van der Waals surface area (Å²) in [5.41, 5.74) is 0. The number of allylic oxidation sites excluding steroid dienone is 13. The number of hydrogen-bond acceptors (Lipinski definition) is 6. The van der Waals surface area contributed by atoms with Crippen molar-refractivity contribution in [2.75, 3.05) is 13.2 Å². The number of carboxylic acid groups (broad SMARTS) is 1. The molecular formula is C51H84N2O7. The number of esters is 1. The van der Waals surface area contributed by atoms with E-state index in [4.69, 9.17) is 14.9 Å². The van der Waals surface area contributed by atoms with Crippen LogP contribution < -0.4 is 10.6 Å². The number of unbranched alkanes of at least 4 members (excludes halogenated alkanes) is 15. The third-order valence-electron chi connectivity index (χ3n) is 9.86. The van der Waals surface area contributed by atoms with Gasteiger partial charge in [0.2, 0.25) is 11.8 Å². The Labute approximate surface area is 365 Å². The molecule has 0 bridgehead atoms. The zero-order chi connectivity index (χ0) is 44.0. The Balaban J connectivity index is 4.20. The monoisotopic (exact) mass is 837 g/mol. The molecule has 0 aromatic heterocycles. The lowest BCUT2D eigenvalue weighted by Crippen LogP contribution is -2.47. The number of aliphatic hydroxyl groups excluding tert-OH is 1. The van der Waals surface area contributed by atoms with E-state index in [2.05, 4.69) is 110 Å². The summed E-state index contributed by atoms with van der Waals surface area (Å²) in [6.45, 7) is 3.32. The van der Waals surface area contributed by atoms with Crippen molar-refractivity contribution in [2.24, 2.45) is 0 Å². The first-order valence-electron chi connectivity index (χ1n) is 23.5. The molecule has 340 valence electrons. The first kappa shape index (κ1) is 56.0. The molecule has 0 fully saturated rings. The van der Waals surface area contributed by atoms with Crippen molar-refractivity contribution in [3.63, 3.8) is 0 Å². The second-order valence-corrected chi connectivity index (χ2v) is 15.5. The van der Waals surface area contributed by atoms with Gasteiger partial charge in [-0.05, 0) is 96.0 Å². The minimum Gasteiger partial charge on any atom is -0.480 e. The second kappa shape index (κ2) is 44.6. The number of ether oxygens (including phenoxy) is 1. The van der Waals surface area contributed by atoms with Crippen LogP contribution in [0.15, 0.2) is 85.1 Å². The van der Waals surface area contributed by atoms with E-state index in [9.17, 15) is 19.2 Å². The molecule has 60 heavy (non-hydrogen) atoms. The van der Waals surface area contributed by atoms with Crippen LogP contribution in [0.25, 0.3) is 0 Å². The van der Waals surface area contributed by atoms with E-state index in [-0.39, 0.29) is 30.9 Å². The van der Waals surface area contributed by atoms with Gasteiger partial charge in [-0.15, -0.1) is 0 Å². The number of hydrogen-bond donors (Lipinski definition) is 4. The average molecular weight is 837 g/mol. The van der Waals surface area contributed by atoms with Crippen molar-refractivity contribution in [2.45, 2.75) is 199 Å². The molecule has 0 saturated carbocycles. The van der Waals surface area contributed by atoms with Crippen LogP contribution in [0, 0.1) is 0 Å². The fourth-order valence-electron chi connectivity index (χ4n) is 6.28. The number of carbonyl (C=O) groups excluding carboxylic acids is 3. The third kappa shape index (κ3) is 40.8. The van der Waals surface area contributed by atoms with Crippen LogP contribution >= 0.6 is 0 Å². The third-order valence-corrected chi connectivity index (χ3v) is 9.86. The summed E-state index contributed by atoms with van der Waals surface area (Å²) in [4.78, 5) is 47.5. The quantitative estimate of drug-likeness (QED) is 0.0273. The highest BCUT2D eigenvalue weighted by atomic mass is 16.5. The molecule has 0 aliphatic heterocycles. The van der Waals surface area contributed by atoms with Crippen LogP contribution in [-0.4, -0.2) is 59.3 Å². The maximum atomic E-state index is 12.8. The Morgan fingerprint density at radius 3 is 1.53 bits per heavy atom. The van der Waals surface area contributed by atoms with Gasteiger partial charge in [-0.1, -0.05) is 163 Å². The van der Waals surface area contributed by atoms with Gasteiger partial charge in [0.25, 0.3) is 0 Å². The predicted molar refractivity (Wildman–Crippen MR) is 250 cm³/mol. The molecule has 0 rings (SSSR count). The molecule has 4 N–H and O–H groups in total. The van der Waals surface area contributed by atoms with Crippen LogP contribution in [0.1, 0.15) is 187 Å². The van der Waals surface area contributed by atoms with E-state index >= 15 is 0 Å². The van der Waals surface area contributed by atoms with E-state index in [1.807, 2.05) is 0 Å². The normalized spacial score (nSPS) is 13.2. The Morgan fingerprint density at radius 2 is 1.00 bits per heavy atom. The Morgan fingerprint density at radius 1 is 0.533 bits per heavy atom. The van der Waals surface area contributed by atoms with Gasteiger partial charge in [-0.3, -0.25) is 14.4 Å². The summed E-state index contributed by atoms with van der Waals surface area (Å²) in [5.74, 6) is -2.37. The molecule has 0 spiro atoms. The predicted octanol–water partition coefficient (Wildman–Crippen LogP) is 12.0. The van der Waals surface area contributed by atoms with E-state index < -0.39 is 24.5 Å². The Kier molecular flexibility index (Phi) is 41.6. The van der Waals surface area contributed by atoms with E-state index in [0.717, 1.165) is 109 Å². The number of amides is 2. The Hall–Kier alpha value is -3.98. The topological polar surface area (TPSA) is 142 Å². The van der Waals surface area contributed by atoms with Crippen molar-refractivity contribution < 1.29 is 34.1 Å². The highest BCUT2D eigenvalue weighted by Gasteiger charge is 2.18. The van der Waals surface area contributed by atoms with Crippen molar-refractivity contribution in [3.8, 4) is 0 Å². The van der Waals surface area contributed by atoms with E-state index in [1.54, 1.807) is 0 Å². The number of rotatable bonds is 41. The molecule has 0 aromatic carbocycles. The summed E-state index contributed by atoms with van der Waals surface area (Å²) in [6.07, 6.45) is 57.8. The molecule has 2 amide bonds. The van der Waals surface area contributed by atoms with Gasteiger partial charge in [-0.25, -0.2) is 4.79 Å². The molecule has 2 atom stereocenters. The van der Waals surface area contributed by atoms with Crippen LogP contribution in [0.2, 0.25) is 0 Å². The molecular weight excluding hydrogens is 753 g/mol. The van der Waals surface area contributed by atoms with Gasteiger partial charge < -0.3 is 25.6 Å². The highest BCUT2D eigenvalue weighted by molar-refractivity contribution is 5.87. The van der Waals surface area contributed by atoms with Crippen LogP contribution in [-0.2, 0) is 23.9 Å². The van der Waals surface area contributed by atoms with Crippen LogP contribution in [0.5, 0.6) is 0 Å². The average Bonchev–Trinajstić information content (AvgIpc) is 3.23. The van der Waals surface area contributed by atoms with E-state index in [0.29, 0.717) is 12.8 Å². The van der Waals surface area contributed by atoms with Crippen molar-refractivity contribution in [3.05, 3.63) is 85.1 Å². The van der Waals surface area contributed by atoms with Gasteiger partial charge >= 0.3 is 11.9 Å². The number of aliphatic hydroxyl groups is 1. The molecule has 9 nitrogen and oxygen atoms in total. The summed E-state index contributed by atoms with van der Waals surface area (Å²) >= 11 is 0. The maximum Gasteiger partial charge on any atom is 0.328 e. The number of nitrogens with one attached hydrogen (secondary N) is 2. The van der Waals surface area contributed by atoms with Crippen molar-refractivity contribution in [1.29, 1.82) is 0 Å². The summed E-state index contributed by atoms with van der Waals surface area (Å²) in [5, 5.41) is 22.5. The van der Waals surface area contributed by atoms with Crippen molar-refractivity contribution in [1.82, 2.24) is 10.6 Å². The van der Waals surface area contributed by atoms with Gasteiger partial charge in [-0.2, -0.15) is 0 Å². The van der Waals surface area contributed by atoms with Crippen LogP contribution in [0.4, 0.5) is 0 Å². The number of aliphatic carboxylic acids is 1. The minimum absolute atomic E-state index is 0.109. The lowest BCUT2D eigenvalue weighted by Gasteiger charge is -2.15. The van der Waals surface area contributed by atoms with Crippen LogP contribution in [0.3, 0.4) is 0 Å².